The second-order valence-electron chi connectivity index (χ2n) is 3.15. The van der Waals surface area contributed by atoms with Gasteiger partial charge in [0.05, 0.1) is 12.8 Å². The molecule has 0 saturated carbocycles. The average molecular weight is 192 g/mol. The lowest BCUT2D eigenvalue weighted by Gasteiger charge is -2.06. The van der Waals surface area contributed by atoms with E-state index in [-0.39, 0.29) is 0 Å². The Morgan fingerprint density at radius 3 is 2.86 bits per heavy atom. The smallest absolute Gasteiger partial charge is 0.119 e. The van der Waals surface area contributed by atoms with Crippen LogP contribution in [0.2, 0.25) is 0 Å². The van der Waals surface area contributed by atoms with Crippen LogP contribution >= 0.6 is 0 Å². The van der Waals surface area contributed by atoms with Crippen molar-refractivity contribution in [3.05, 3.63) is 29.3 Å². The molecule has 0 saturated heterocycles. The van der Waals surface area contributed by atoms with Gasteiger partial charge in [-0.15, -0.1) is 0 Å². The SMILES string of the molecule is CCCOc1ccc(C=NN)c(C)c1. The maximum Gasteiger partial charge on any atom is 0.119 e. The molecular formula is C11H16N2O. The minimum Gasteiger partial charge on any atom is -0.494 e. The number of hydrogen-bond donors (Lipinski definition) is 1. The molecule has 0 heterocycles. The Labute approximate surface area is 84.6 Å². The van der Waals surface area contributed by atoms with Crippen LogP contribution in [0.25, 0.3) is 0 Å². The van der Waals surface area contributed by atoms with E-state index in [2.05, 4.69) is 12.0 Å². The summed E-state index contributed by atoms with van der Waals surface area (Å²) < 4.78 is 5.49. The lowest BCUT2D eigenvalue weighted by molar-refractivity contribution is 0.317. The Balaban J connectivity index is 2.78. The van der Waals surface area contributed by atoms with E-state index in [4.69, 9.17) is 10.6 Å². The highest BCUT2D eigenvalue weighted by molar-refractivity contribution is 5.81. The largest absolute Gasteiger partial charge is 0.494 e. The molecule has 2 N–H and O–H groups in total. The Hall–Kier alpha value is -1.51. The highest BCUT2D eigenvalue weighted by atomic mass is 16.5. The molecule has 0 aliphatic heterocycles. The van der Waals surface area contributed by atoms with Gasteiger partial charge in [-0.25, -0.2) is 0 Å². The molecule has 0 unspecified atom stereocenters. The molecule has 0 radical (unpaired) electrons. The number of rotatable bonds is 4. The van der Waals surface area contributed by atoms with Gasteiger partial charge >= 0.3 is 0 Å². The summed E-state index contributed by atoms with van der Waals surface area (Å²) in [5.41, 5.74) is 2.14. The number of nitrogens with zero attached hydrogens (tertiary/aromatic N) is 1. The molecule has 0 fully saturated rings. The fraction of sp³-hybridized carbons (Fsp3) is 0.364. The zero-order valence-corrected chi connectivity index (χ0v) is 8.66. The molecule has 3 nitrogen and oxygen atoms in total. The third-order valence-electron chi connectivity index (χ3n) is 1.93. The van der Waals surface area contributed by atoms with E-state index >= 15 is 0 Å². The topological polar surface area (TPSA) is 47.6 Å². The van der Waals surface area contributed by atoms with Gasteiger partial charge < -0.3 is 10.6 Å². The zero-order chi connectivity index (χ0) is 10.4. The number of nitrogens with two attached hydrogens (primary N) is 1. The lowest BCUT2D eigenvalue weighted by Crippen LogP contribution is -1.97. The maximum absolute atomic E-state index is 5.49. The van der Waals surface area contributed by atoms with Gasteiger partial charge in [-0.2, -0.15) is 5.10 Å². The van der Waals surface area contributed by atoms with Crippen molar-refractivity contribution in [2.24, 2.45) is 10.9 Å². The van der Waals surface area contributed by atoms with Crippen molar-refractivity contribution < 1.29 is 4.74 Å². The fourth-order valence-electron chi connectivity index (χ4n) is 1.18. The molecule has 1 rings (SSSR count). The first-order valence-electron chi connectivity index (χ1n) is 4.74. The van der Waals surface area contributed by atoms with Crippen LogP contribution in [0.3, 0.4) is 0 Å². The fourth-order valence-corrected chi connectivity index (χ4v) is 1.18. The zero-order valence-electron chi connectivity index (χ0n) is 8.66. The lowest BCUT2D eigenvalue weighted by atomic mass is 10.1. The summed E-state index contributed by atoms with van der Waals surface area (Å²) in [6.07, 6.45) is 2.66. The van der Waals surface area contributed by atoms with E-state index in [0.29, 0.717) is 0 Å². The Kier molecular flexibility index (Phi) is 3.98. The number of hydrazone groups is 1. The van der Waals surface area contributed by atoms with Gasteiger partial charge in [-0.3, -0.25) is 0 Å². The second-order valence-corrected chi connectivity index (χ2v) is 3.15. The van der Waals surface area contributed by atoms with Crippen molar-refractivity contribution in [2.45, 2.75) is 20.3 Å². The van der Waals surface area contributed by atoms with Crippen molar-refractivity contribution >= 4 is 6.21 Å². The third-order valence-corrected chi connectivity index (χ3v) is 1.93. The van der Waals surface area contributed by atoms with Gasteiger partial charge in [0.2, 0.25) is 0 Å². The Morgan fingerprint density at radius 1 is 1.50 bits per heavy atom. The van der Waals surface area contributed by atoms with Crippen LogP contribution in [0, 0.1) is 6.92 Å². The predicted octanol–water partition coefficient (Wildman–Crippen LogP) is 2.08. The van der Waals surface area contributed by atoms with E-state index in [1.807, 2.05) is 25.1 Å². The highest BCUT2D eigenvalue weighted by Gasteiger charge is 1.98. The van der Waals surface area contributed by atoms with E-state index in [1.165, 1.54) is 0 Å². The number of ether oxygens (including phenoxy) is 1. The van der Waals surface area contributed by atoms with Crippen LogP contribution < -0.4 is 10.6 Å². The molecule has 0 spiro atoms. The first kappa shape index (κ1) is 10.6. The number of hydrogen-bond acceptors (Lipinski definition) is 3. The van der Waals surface area contributed by atoms with Crippen LogP contribution in [-0.2, 0) is 0 Å². The summed E-state index contributed by atoms with van der Waals surface area (Å²) in [5, 5.41) is 3.49. The van der Waals surface area contributed by atoms with E-state index in [1.54, 1.807) is 6.21 Å². The molecule has 3 heteroatoms. The molecule has 0 amide bonds. The Bertz CT molecular complexity index is 321. The Morgan fingerprint density at radius 2 is 2.29 bits per heavy atom. The van der Waals surface area contributed by atoms with E-state index in [0.717, 1.165) is 29.9 Å². The molecule has 76 valence electrons. The number of aryl methyl sites for hydroxylation is 1. The summed E-state index contributed by atoms with van der Waals surface area (Å²) >= 11 is 0. The van der Waals surface area contributed by atoms with Gasteiger partial charge in [0.1, 0.15) is 5.75 Å². The summed E-state index contributed by atoms with van der Waals surface area (Å²) in [7, 11) is 0. The molecule has 0 aromatic heterocycles. The summed E-state index contributed by atoms with van der Waals surface area (Å²) in [6.45, 7) is 4.85. The van der Waals surface area contributed by atoms with Crippen LogP contribution in [0.5, 0.6) is 5.75 Å². The minimum atomic E-state index is 0.754. The van der Waals surface area contributed by atoms with Gasteiger partial charge in [-0.1, -0.05) is 6.92 Å². The molecule has 1 aromatic carbocycles. The quantitative estimate of drug-likeness (QED) is 0.451. The van der Waals surface area contributed by atoms with Crippen LogP contribution in [0.1, 0.15) is 24.5 Å². The summed E-state index contributed by atoms with van der Waals surface area (Å²) in [6, 6.07) is 5.88. The second kappa shape index (κ2) is 5.27. The summed E-state index contributed by atoms with van der Waals surface area (Å²) in [5.74, 6) is 5.99. The molecule has 0 bridgehead atoms. The predicted molar refractivity (Wildman–Crippen MR) is 58.7 cm³/mol. The number of benzene rings is 1. The monoisotopic (exact) mass is 192 g/mol. The standard InChI is InChI=1S/C11H16N2O/c1-3-6-14-11-5-4-10(8-13-12)9(2)7-11/h4-5,7-8H,3,6,12H2,1-2H3. The molecule has 14 heavy (non-hydrogen) atoms. The van der Waals surface area contributed by atoms with Crippen LogP contribution in [0.4, 0.5) is 0 Å². The normalized spacial score (nSPS) is 10.7. The average Bonchev–Trinajstić information content (AvgIpc) is 2.19. The van der Waals surface area contributed by atoms with Crippen molar-refractivity contribution in [1.82, 2.24) is 0 Å². The molecular weight excluding hydrogens is 176 g/mol. The summed E-state index contributed by atoms with van der Waals surface area (Å²) in [4.78, 5) is 0. The van der Waals surface area contributed by atoms with E-state index < -0.39 is 0 Å². The molecule has 0 atom stereocenters. The van der Waals surface area contributed by atoms with Gasteiger partial charge in [0.25, 0.3) is 0 Å². The van der Waals surface area contributed by atoms with Crippen molar-refractivity contribution in [3.8, 4) is 5.75 Å². The third kappa shape index (κ3) is 2.76. The first-order chi connectivity index (χ1) is 6.77. The van der Waals surface area contributed by atoms with E-state index in [9.17, 15) is 0 Å². The maximum atomic E-state index is 5.49. The van der Waals surface area contributed by atoms with Gasteiger partial charge in [0, 0.05) is 0 Å². The molecule has 1 aromatic rings. The first-order valence-corrected chi connectivity index (χ1v) is 4.74. The van der Waals surface area contributed by atoms with Gasteiger partial charge in [0.15, 0.2) is 0 Å². The van der Waals surface area contributed by atoms with Crippen LogP contribution in [-0.4, -0.2) is 12.8 Å². The van der Waals surface area contributed by atoms with Crippen molar-refractivity contribution in [1.29, 1.82) is 0 Å². The van der Waals surface area contributed by atoms with Crippen molar-refractivity contribution in [3.63, 3.8) is 0 Å². The minimum absolute atomic E-state index is 0.754. The van der Waals surface area contributed by atoms with Crippen molar-refractivity contribution in [2.75, 3.05) is 6.61 Å². The van der Waals surface area contributed by atoms with Gasteiger partial charge in [-0.05, 0) is 42.7 Å². The van der Waals surface area contributed by atoms with Crippen LogP contribution in [0.15, 0.2) is 23.3 Å². The molecule has 0 aliphatic carbocycles. The molecule has 0 aliphatic rings. The highest BCUT2D eigenvalue weighted by Crippen LogP contribution is 2.16.